The SMILES string of the molecule is C#CCCCCC(Cl)(C#N)SCCC(F)(F)F. The van der Waals surface area contributed by atoms with E-state index in [0.717, 1.165) is 18.2 Å². The summed E-state index contributed by atoms with van der Waals surface area (Å²) in [6.07, 6.45) is 2.22. The van der Waals surface area contributed by atoms with Crippen LogP contribution in [0.15, 0.2) is 0 Å². The Bertz CT molecular complexity index is 305. The van der Waals surface area contributed by atoms with Crippen LogP contribution in [0.3, 0.4) is 0 Å². The second-order valence-electron chi connectivity index (χ2n) is 3.47. The lowest BCUT2D eigenvalue weighted by atomic mass is 10.1. The molecule has 0 bridgehead atoms. The van der Waals surface area contributed by atoms with Gasteiger partial charge in [-0.15, -0.1) is 24.1 Å². The monoisotopic (exact) mass is 283 g/mol. The summed E-state index contributed by atoms with van der Waals surface area (Å²) in [6.45, 7) is 0. The molecule has 0 aliphatic heterocycles. The molecule has 0 spiro atoms. The molecule has 1 atom stereocenters. The van der Waals surface area contributed by atoms with Crippen molar-refractivity contribution in [1.29, 1.82) is 5.26 Å². The van der Waals surface area contributed by atoms with Gasteiger partial charge in [-0.25, -0.2) is 0 Å². The van der Waals surface area contributed by atoms with Gasteiger partial charge in [0.05, 0.1) is 12.5 Å². The van der Waals surface area contributed by atoms with Crippen LogP contribution < -0.4 is 0 Å². The number of hydrogen-bond acceptors (Lipinski definition) is 2. The molecule has 6 heteroatoms. The lowest BCUT2D eigenvalue weighted by molar-refractivity contribution is -0.129. The Balaban J connectivity index is 3.95. The van der Waals surface area contributed by atoms with Crippen molar-refractivity contribution < 1.29 is 13.2 Å². The number of thioether (sulfide) groups is 1. The van der Waals surface area contributed by atoms with E-state index in [4.69, 9.17) is 23.3 Å². The standard InChI is InChI=1S/C11H13ClF3NS/c1-2-3-4-5-6-10(12,9-16)17-8-7-11(13,14)15/h1H,3-8H2. The van der Waals surface area contributed by atoms with Gasteiger partial charge in [-0.2, -0.15) is 18.4 Å². The molecule has 1 unspecified atom stereocenters. The Morgan fingerprint density at radius 2 is 1.88 bits per heavy atom. The molecule has 96 valence electrons. The highest BCUT2D eigenvalue weighted by atomic mass is 35.5. The minimum atomic E-state index is -4.20. The maximum atomic E-state index is 11.9. The van der Waals surface area contributed by atoms with Crippen LogP contribution >= 0.6 is 23.4 Å². The predicted molar refractivity (Wildman–Crippen MR) is 64.6 cm³/mol. The van der Waals surface area contributed by atoms with Crippen LogP contribution in [-0.2, 0) is 0 Å². The third-order valence-electron chi connectivity index (χ3n) is 1.95. The second-order valence-corrected chi connectivity index (χ2v) is 5.73. The molecule has 0 radical (unpaired) electrons. The van der Waals surface area contributed by atoms with Gasteiger partial charge in [0.1, 0.15) is 0 Å². The van der Waals surface area contributed by atoms with E-state index < -0.39 is 16.8 Å². The van der Waals surface area contributed by atoms with Gasteiger partial charge in [-0.3, -0.25) is 0 Å². The fraction of sp³-hybridized carbons (Fsp3) is 0.727. The summed E-state index contributed by atoms with van der Waals surface area (Å²) < 4.78 is 34.5. The fourth-order valence-electron chi connectivity index (χ4n) is 1.07. The van der Waals surface area contributed by atoms with E-state index >= 15 is 0 Å². The Morgan fingerprint density at radius 1 is 1.24 bits per heavy atom. The van der Waals surface area contributed by atoms with E-state index in [1.807, 2.05) is 6.07 Å². The molecule has 1 nitrogen and oxygen atoms in total. The highest BCUT2D eigenvalue weighted by Crippen LogP contribution is 2.36. The van der Waals surface area contributed by atoms with Crippen LogP contribution in [0, 0.1) is 23.7 Å². The van der Waals surface area contributed by atoms with Gasteiger partial charge < -0.3 is 0 Å². The number of halogens is 4. The molecule has 0 aromatic rings. The van der Waals surface area contributed by atoms with E-state index in [1.165, 1.54) is 0 Å². The summed E-state index contributed by atoms with van der Waals surface area (Å²) in [6, 6.07) is 1.85. The van der Waals surface area contributed by atoms with E-state index in [0.29, 0.717) is 19.3 Å². The summed E-state index contributed by atoms with van der Waals surface area (Å²) in [7, 11) is 0. The smallest absolute Gasteiger partial charge is 0.195 e. The summed E-state index contributed by atoms with van der Waals surface area (Å²) in [5.74, 6) is 2.25. The predicted octanol–water partition coefficient (Wildman–Crippen LogP) is 4.32. The molecule has 0 amide bonds. The molecule has 0 aliphatic carbocycles. The molecule has 0 aromatic heterocycles. The molecule has 0 fully saturated rings. The van der Waals surface area contributed by atoms with E-state index in [1.54, 1.807) is 0 Å². The minimum absolute atomic E-state index is 0.199. The summed E-state index contributed by atoms with van der Waals surface area (Å²) >= 11 is 6.76. The van der Waals surface area contributed by atoms with Crippen molar-refractivity contribution >= 4 is 23.4 Å². The third-order valence-corrected chi connectivity index (χ3v) is 3.71. The highest BCUT2D eigenvalue weighted by molar-refractivity contribution is 8.02. The number of alkyl halides is 4. The van der Waals surface area contributed by atoms with Crippen molar-refractivity contribution in [1.82, 2.24) is 0 Å². The van der Waals surface area contributed by atoms with Crippen molar-refractivity contribution in [2.24, 2.45) is 0 Å². The first-order chi connectivity index (χ1) is 7.83. The molecule has 0 aliphatic rings. The zero-order chi connectivity index (χ0) is 13.4. The van der Waals surface area contributed by atoms with Crippen molar-refractivity contribution in [3.8, 4) is 18.4 Å². The first-order valence-corrected chi connectivity index (χ1v) is 6.44. The molecule has 0 aromatic carbocycles. The Hall–Kier alpha value is -0.520. The number of terminal acetylenes is 1. The Labute approximate surface area is 109 Å². The van der Waals surface area contributed by atoms with Crippen molar-refractivity contribution in [3.05, 3.63) is 0 Å². The lowest BCUT2D eigenvalue weighted by Crippen LogP contribution is -2.17. The van der Waals surface area contributed by atoms with Crippen molar-refractivity contribution in [2.45, 2.75) is 42.5 Å². The summed E-state index contributed by atoms with van der Waals surface area (Å²) in [4.78, 5) is 0. The van der Waals surface area contributed by atoms with Gasteiger partial charge in [0.2, 0.25) is 0 Å². The molecule has 17 heavy (non-hydrogen) atoms. The molecular weight excluding hydrogens is 271 g/mol. The Kier molecular flexibility index (Phi) is 7.50. The largest absolute Gasteiger partial charge is 0.389 e. The minimum Gasteiger partial charge on any atom is -0.195 e. The molecule has 0 rings (SSSR count). The number of rotatable bonds is 7. The first-order valence-electron chi connectivity index (χ1n) is 5.07. The number of hydrogen-bond donors (Lipinski definition) is 0. The van der Waals surface area contributed by atoms with E-state index in [2.05, 4.69) is 5.92 Å². The zero-order valence-corrected chi connectivity index (χ0v) is 10.8. The van der Waals surface area contributed by atoms with E-state index in [-0.39, 0.29) is 5.75 Å². The zero-order valence-electron chi connectivity index (χ0n) is 9.19. The quantitative estimate of drug-likeness (QED) is 0.395. The molecule has 0 N–H and O–H groups in total. The van der Waals surface area contributed by atoms with E-state index in [9.17, 15) is 13.2 Å². The topological polar surface area (TPSA) is 23.8 Å². The van der Waals surface area contributed by atoms with Gasteiger partial charge in [0.25, 0.3) is 0 Å². The van der Waals surface area contributed by atoms with Gasteiger partial charge in [0.15, 0.2) is 4.21 Å². The second kappa shape index (κ2) is 7.74. The average Bonchev–Trinajstić information content (AvgIpc) is 2.23. The van der Waals surface area contributed by atoms with Crippen LogP contribution in [0.5, 0.6) is 0 Å². The molecule has 0 saturated carbocycles. The average molecular weight is 284 g/mol. The van der Waals surface area contributed by atoms with Crippen LogP contribution in [0.25, 0.3) is 0 Å². The number of nitrogens with zero attached hydrogens (tertiary/aromatic N) is 1. The van der Waals surface area contributed by atoms with Gasteiger partial charge in [0, 0.05) is 12.2 Å². The fourth-order valence-corrected chi connectivity index (χ4v) is 2.44. The van der Waals surface area contributed by atoms with Gasteiger partial charge in [-0.1, -0.05) is 11.6 Å². The van der Waals surface area contributed by atoms with Crippen LogP contribution in [-0.4, -0.2) is 16.1 Å². The lowest BCUT2D eigenvalue weighted by Gasteiger charge is -2.18. The molecular formula is C11H13ClF3NS. The van der Waals surface area contributed by atoms with Gasteiger partial charge >= 0.3 is 6.18 Å². The van der Waals surface area contributed by atoms with Crippen LogP contribution in [0.2, 0.25) is 0 Å². The first kappa shape index (κ1) is 16.5. The maximum absolute atomic E-state index is 11.9. The van der Waals surface area contributed by atoms with Crippen molar-refractivity contribution in [2.75, 3.05) is 5.75 Å². The summed E-state index contributed by atoms with van der Waals surface area (Å²) in [5.41, 5.74) is 0. The third kappa shape index (κ3) is 9.21. The Morgan fingerprint density at radius 3 is 2.35 bits per heavy atom. The van der Waals surface area contributed by atoms with Crippen molar-refractivity contribution in [3.63, 3.8) is 0 Å². The normalized spacial score (nSPS) is 14.7. The van der Waals surface area contributed by atoms with Gasteiger partial charge in [-0.05, 0) is 19.3 Å². The highest BCUT2D eigenvalue weighted by Gasteiger charge is 2.31. The molecule has 0 saturated heterocycles. The number of unbranched alkanes of at least 4 members (excludes halogenated alkanes) is 2. The number of nitriles is 1. The van der Waals surface area contributed by atoms with Crippen LogP contribution in [0.1, 0.15) is 32.1 Å². The van der Waals surface area contributed by atoms with Crippen LogP contribution in [0.4, 0.5) is 13.2 Å². The maximum Gasteiger partial charge on any atom is 0.389 e. The molecule has 0 heterocycles. The summed E-state index contributed by atoms with van der Waals surface area (Å²) in [5, 5.41) is 8.85.